The standard InChI is InChI=1S/C15H19ClN2O4/c1-14(2)11(8-15(14,3)22-4)17-13(19)12-9(16)6-5-7-10(12)18(20)21/h5-7,11H,8H2,1-4H3,(H,17,19)/t11-,15-/m0/s1. The van der Waals surface area contributed by atoms with Gasteiger partial charge in [0.15, 0.2) is 0 Å². The number of hydrogen-bond donors (Lipinski definition) is 1. The van der Waals surface area contributed by atoms with E-state index >= 15 is 0 Å². The molecule has 7 heteroatoms. The normalized spacial score (nSPS) is 26.1. The van der Waals surface area contributed by atoms with Crippen LogP contribution in [0.15, 0.2) is 18.2 Å². The van der Waals surface area contributed by atoms with Gasteiger partial charge >= 0.3 is 0 Å². The van der Waals surface area contributed by atoms with Gasteiger partial charge in [0.2, 0.25) is 0 Å². The van der Waals surface area contributed by atoms with E-state index in [1.54, 1.807) is 7.11 Å². The van der Waals surface area contributed by atoms with Gasteiger partial charge in [0.25, 0.3) is 11.6 Å². The average molecular weight is 327 g/mol. The second-order valence-electron chi connectivity index (χ2n) is 6.28. The van der Waals surface area contributed by atoms with Crippen LogP contribution < -0.4 is 5.32 Å². The van der Waals surface area contributed by atoms with Gasteiger partial charge in [-0.05, 0) is 19.4 Å². The van der Waals surface area contributed by atoms with Crippen LogP contribution in [0, 0.1) is 15.5 Å². The van der Waals surface area contributed by atoms with E-state index in [9.17, 15) is 14.9 Å². The van der Waals surface area contributed by atoms with Gasteiger partial charge in [0.05, 0.1) is 15.5 Å². The average Bonchev–Trinajstić information content (AvgIpc) is 2.45. The Balaban J connectivity index is 2.24. The molecule has 0 unspecified atom stereocenters. The number of nitro benzene ring substituents is 1. The minimum Gasteiger partial charge on any atom is -0.378 e. The number of nitro groups is 1. The highest BCUT2D eigenvalue weighted by molar-refractivity contribution is 6.34. The minimum absolute atomic E-state index is 0.0679. The first-order chi connectivity index (χ1) is 10.1. The largest absolute Gasteiger partial charge is 0.378 e. The maximum Gasteiger partial charge on any atom is 0.283 e. The van der Waals surface area contributed by atoms with Crippen molar-refractivity contribution >= 4 is 23.2 Å². The summed E-state index contributed by atoms with van der Waals surface area (Å²) in [4.78, 5) is 22.9. The third kappa shape index (κ3) is 2.46. The topological polar surface area (TPSA) is 81.5 Å². The molecule has 0 bridgehead atoms. The van der Waals surface area contributed by atoms with Crippen molar-refractivity contribution in [2.75, 3.05) is 7.11 Å². The van der Waals surface area contributed by atoms with Gasteiger partial charge in [-0.1, -0.05) is 31.5 Å². The summed E-state index contributed by atoms with van der Waals surface area (Å²) < 4.78 is 5.51. The summed E-state index contributed by atoms with van der Waals surface area (Å²) in [5.41, 5.74) is -1.02. The molecule has 1 amide bonds. The molecule has 0 aliphatic heterocycles. The molecule has 1 fully saturated rings. The molecule has 1 N–H and O–H groups in total. The number of rotatable bonds is 4. The maximum atomic E-state index is 12.4. The van der Waals surface area contributed by atoms with E-state index in [1.165, 1.54) is 18.2 Å². The van der Waals surface area contributed by atoms with Crippen LogP contribution in [0.4, 0.5) is 5.69 Å². The summed E-state index contributed by atoms with van der Waals surface area (Å²) in [6.07, 6.45) is 0.639. The van der Waals surface area contributed by atoms with Crippen LogP contribution in [-0.4, -0.2) is 29.6 Å². The lowest BCUT2D eigenvalue weighted by molar-refractivity contribution is -0.385. The molecular formula is C15H19ClN2O4. The van der Waals surface area contributed by atoms with Gasteiger partial charge in [-0.25, -0.2) is 0 Å². The highest BCUT2D eigenvalue weighted by atomic mass is 35.5. The SMILES string of the molecule is CO[C@@]1(C)C[C@H](NC(=O)c2c(Cl)cccc2[N+](=O)[O-])C1(C)C. The number of methoxy groups -OCH3 is 1. The number of amides is 1. The van der Waals surface area contributed by atoms with Crippen molar-refractivity contribution < 1.29 is 14.5 Å². The van der Waals surface area contributed by atoms with E-state index in [4.69, 9.17) is 16.3 Å². The molecule has 0 radical (unpaired) electrons. The molecule has 1 aliphatic carbocycles. The lowest BCUT2D eigenvalue weighted by atomic mass is 9.56. The molecule has 2 atom stereocenters. The first kappa shape index (κ1) is 16.7. The molecule has 22 heavy (non-hydrogen) atoms. The molecule has 0 spiro atoms. The second kappa shape index (κ2) is 5.52. The summed E-state index contributed by atoms with van der Waals surface area (Å²) in [6, 6.07) is 4.05. The molecule has 0 aromatic heterocycles. The predicted octanol–water partition coefficient (Wildman–Crippen LogP) is 3.18. The van der Waals surface area contributed by atoms with Crippen LogP contribution in [0.25, 0.3) is 0 Å². The quantitative estimate of drug-likeness (QED) is 0.680. The smallest absolute Gasteiger partial charge is 0.283 e. The number of halogens is 1. The zero-order valence-electron chi connectivity index (χ0n) is 13.0. The number of benzene rings is 1. The van der Waals surface area contributed by atoms with E-state index in [1.807, 2.05) is 20.8 Å². The summed E-state index contributed by atoms with van der Waals surface area (Å²) >= 11 is 5.98. The van der Waals surface area contributed by atoms with Crippen LogP contribution >= 0.6 is 11.6 Å². The molecule has 1 saturated carbocycles. The lowest BCUT2D eigenvalue weighted by Crippen LogP contribution is -2.68. The van der Waals surface area contributed by atoms with Crippen molar-refractivity contribution in [3.8, 4) is 0 Å². The number of carbonyl (C=O) groups is 1. The van der Waals surface area contributed by atoms with Gasteiger partial charge < -0.3 is 10.1 Å². The van der Waals surface area contributed by atoms with Gasteiger partial charge in [0.1, 0.15) is 5.56 Å². The second-order valence-corrected chi connectivity index (χ2v) is 6.69. The maximum absolute atomic E-state index is 12.4. The third-order valence-corrected chi connectivity index (χ3v) is 5.31. The van der Waals surface area contributed by atoms with Gasteiger partial charge in [0, 0.05) is 24.6 Å². The van der Waals surface area contributed by atoms with Crippen LogP contribution in [-0.2, 0) is 4.74 Å². The fourth-order valence-electron chi connectivity index (χ4n) is 2.84. The Bertz CT molecular complexity index is 632. The molecule has 1 aliphatic rings. The fourth-order valence-corrected chi connectivity index (χ4v) is 3.10. The monoisotopic (exact) mass is 326 g/mol. The Labute approximate surface area is 133 Å². The highest BCUT2D eigenvalue weighted by Crippen LogP contribution is 2.51. The lowest BCUT2D eigenvalue weighted by Gasteiger charge is -2.59. The molecule has 6 nitrogen and oxygen atoms in total. The molecule has 0 saturated heterocycles. The van der Waals surface area contributed by atoms with E-state index in [-0.39, 0.29) is 33.3 Å². The summed E-state index contributed by atoms with van der Waals surface area (Å²) in [5.74, 6) is -0.534. The van der Waals surface area contributed by atoms with E-state index in [0.29, 0.717) is 6.42 Å². The Hall–Kier alpha value is -1.66. The van der Waals surface area contributed by atoms with Crippen molar-refractivity contribution in [2.45, 2.75) is 38.8 Å². The number of carbonyl (C=O) groups excluding carboxylic acids is 1. The van der Waals surface area contributed by atoms with Crippen LogP contribution in [0.2, 0.25) is 5.02 Å². The Morgan fingerprint density at radius 1 is 1.45 bits per heavy atom. The van der Waals surface area contributed by atoms with Crippen molar-refractivity contribution in [3.63, 3.8) is 0 Å². The molecule has 1 aromatic carbocycles. The first-order valence-electron chi connectivity index (χ1n) is 6.93. The first-order valence-corrected chi connectivity index (χ1v) is 7.31. The van der Waals surface area contributed by atoms with Crippen molar-refractivity contribution in [1.29, 1.82) is 0 Å². The van der Waals surface area contributed by atoms with Crippen LogP contribution in [0.1, 0.15) is 37.6 Å². The zero-order chi connectivity index (χ0) is 16.7. The minimum atomic E-state index is -0.605. The Morgan fingerprint density at radius 3 is 2.59 bits per heavy atom. The number of hydrogen-bond acceptors (Lipinski definition) is 4. The number of ether oxygens (including phenoxy) is 1. The fraction of sp³-hybridized carbons (Fsp3) is 0.533. The van der Waals surface area contributed by atoms with Crippen molar-refractivity contribution in [1.82, 2.24) is 5.32 Å². The predicted molar refractivity (Wildman–Crippen MR) is 83.2 cm³/mol. The molecule has 1 aromatic rings. The molecular weight excluding hydrogens is 308 g/mol. The summed E-state index contributed by atoms with van der Waals surface area (Å²) in [5, 5.41) is 14.0. The summed E-state index contributed by atoms with van der Waals surface area (Å²) in [7, 11) is 1.64. The molecule has 120 valence electrons. The van der Waals surface area contributed by atoms with E-state index < -0.39 is 10.8 Å². The van der Waals surface area contributed by atoms with Crippen molar-refractivity contribution in [3.05, 3.63) is 38.9 Å². The van der Waals surface area contributed by atoms with Crippen LogP contribution in [0.5, 0.6) is 0 Å². The van der Waals surface area contributed by atoms with Crippen LogP contribution in [0.3, 0.4) is 0 Å². The number of nitrogens with zero attached hydrogens (tertiary/aromatic N) is 1. The van der Waals surface area contributed by atoms with Gasteiger partial charge in [-0.2, -0.15) is 0 Å². The van der Waals surface area contributed by atoms with Crippen molar-refractivity contribution in [2.24, 2.45) is 5.41 Å². The summed E-state index contributed by atoms with van der Waals surface area (Å²) in [6.45, 7) is 5.96. The third-order valence-electron chi connectivity index (χ3n) is 5.00. The van der Waals surface area contributed by atoms with E-state index in [2.05, 4.69) is 5.32 Å². The molecule has 2 rings (SSSR count). The highest BCUT2D eigenvalue weighted by Gasteiger charge is 2.58. The Kier molecular flexibility index (Phi) is 4.19. The van der Waals surface area contributed by atoms with Gasteiger partial charge in [-0.15, -0.1) is 0 Å². The number of nitrogens with one attached hydrogen (secondary N) is 1. The zero-order valence-corrected chi connectivity index (χ0v) is 13.7. The molecule has 0 heterocycles. The van der Waals surface area contributed by atoms with E-state index in [0.717, 1.165) is 0 Å². The Morgan fingerprint density at radius 2 is 2.09 bits per heavy atom. The van der Waals surface area contributed by atoms with Gasteiger partial charge in [-0.3, -0.25) is 14.9 Å².